The van der Waals surface area contributed by atoms with Crippen LogP contribution in [-0.4, -0.2) is 81.0 Å². The van der Waals surface area contributed by atoms with E-state index in [1.165, 1.54) is 17.3 Å². The van der Waals surface area contributed by atoms with E-state index in [1.807, 2.05) is 6.07 Å². The molecule has 3 aromatic heterocycles. The van der Waals surface area contributed by atoms with Gasteiger partial charge in [0.25, 0.3) is 23.6 Å². The van der Waals surface area contributed by atoms with Gasteiger partial charge in [-0.1, -0.05) is 17.3 Å². The Morgan fingerprint density at radius 2 is 1.37 bits per heavy atom. The third kappa shape index (κ3) is 8.36. The Balaban J connectivity index is 1.46. The zero-order valence-corrected chi connectivity index (χ0v) is 28.6. The average Bonchev–Trinajstić information content (AvgIpc) is 3.78. The molecule has 0 aliphatic carbocycles. The lowest BCUT2D eigenvalue weighted by atomic mass is 10.1. The van der Waals surface area contributed by atoms with Crippen LogP contribution in [0.4, 0.5) is 22.7 Å². The van der Waals surface area contributed by atoms with Gasteiger partial charge in [0.1, 0.15) is 22.9 Å². The van der Waals surface area contributed by atoms with Crippen molar-refractivity contribution in [3.63, 3.8) is 0 Å². The van der Waals surface area contributed by atoms with Gasteiger partial charge in [-0.3, -0.25) is 19.2 Å². The van der Waals surface area contributed by atoms with E-state index in [-0.39, 0.29) is 54.2 Å². The molecule has 4 aromatic rings. The number of oxime groups is 1. The number of nitrogens with one attached hydrogen (secondary N) is 7. The fourth-order valence-electron chi connectivity index (χ4n) is 5.10. The topological polar surface area (TPSA) is 226 Å². The number of nitrogens with two attached hydrogens (primary N) is 1. The molecule has 0 aliphatic heterocycles. The molecule has 0 saturated carbocycles. The first-order chi connectivity index (χ1) is 23.5. The van der Waals surface area contributed by atoms with Crippen LogP contribution in [0, 0.1) is 20.8 Å². The molecule has 10 N–H and O–H groups in total. The molecular weight excluding hydrogens is 675 g/mol. The number of H-pyrrole nitrogens is 3. The van der Waals surface area contributed by atoms with Gasteiger partial charge in [-0.15, -0.1) is 23.2 Å². The summed E-state index contributed by atoms with van der Waals surface area (Å²) in [6, 6.07) is 7.08. The van der Waals surface area contributed by atoms with Crippen LogP contribution in [0.3, 0.4) is 0 Å². The molecule has 49 heavy (non-hydrogen) atoms. The van der Waals surface area contributed by atoms with E-state index in [0.29, 0.717) is 57.4 Å². The van der Waals surface area contributed by atoms with Crippen molar-refractivity contribution in [3.05, 3.63) is 82.2 Å². The summed E-state index contributed by atoms with van der Waals surface area (Å²) in [5.74, 6) is -1.19. The monoisotopic (exact) mass is 712 g/mol. The Labute approximate surface area is 292 Å². The maximum atomic E-state index is 13.7. The molecule has 1 aromatic carbocycles. The summed E-state index contributed by atoms with van der Waals surface area (Å²) >= 11 is 11.9. The van der Waals surface area contributed by atoms with Gasteiger partial charge in [-0.05, 0) is 32.9 Å². The minimum absolute atomic E-state index is 0.0175. The van der Waals surface area contributed by atoms with Crippen molar-refractivity contribution in [1.29, 1.82) is 0 Å². The molecule has 0 bridgehead atoms. The standard InChI is InChI=1S/C32H38Cl2N10O5/c1-17-22(14-38-26(17)29(45)37-11-8-25(35)43-49)41-30(46)27-18(2)23(15-39-27)42-31(47)28-19(3)24(16-40-28)44(13-10-34)32(48)20-6-4-5-7-21(20)36-12-9-33/h4-7,14-16,36,38-40,49H,8-13H2,1-3H3,(H2,35,43)(H,37,45)(H,41,46)(H,42,47). The number of amidine groups is 1. The number of nitrogens with zero attached hydrogens (tertiary/aromatic N) is 2. The molecule has 0 saturated heterocycles. The fourth-order valence-corrected chi connectivity index (χ4v) is 5.37. The largest absolute Gasteiger partial charge is 0.409 e. The highest BCUT2D eigenvalue weighted by atomic mass is 35.5. The summed E-state index contributed by atoms with van der Waals surface area (Å²) in [5, 5.41) is 22.9. The van der Waals surface area contributed by atoms with Crippen LogP contribution >= 0.6 is 23.2 Å². The highest BCUT2D eigenvalue weighted by Crippen LogP contribution is 2.29. The summed E-state index contributed by atoms with van der Waals surface area (Å²) in [7, 11) is 0. The number of amides is 4. The maximum Gasteiger partial charge on any atom is 0.272 e. The van der Waals surface area contributed by atoms with E-state index >= 15 is 0 Å². The van der Waals surface area contributed by atoms with Crippen LogP contribution in [0.25, 0.3) is 0 Å². The van der Waals surface area contributed by atoms with Crippen molar-refractivity contribution in [2.45, 2.75) is 27.2 Å². The lowest BCUT2D eigenvalue weighted by Gasteiger charge is -2.23. The zero-order valence-electron chi connectivity index (χ0n) is 27.1. The Hall–Kier alpha value is -5.41. The Morgan fingerprint density at radius 3 is 1.96 bits per heavy atom. The molecule has 0 unspecified atom stereocenters. The average molecular weight is 714 g/mol. The Bertz CT molecular complexity index is 1860. The minimum Gasteiger partial charge on any atom is -0.409 e. The molecule has 260 valence electrons. The number of hydrogen-bond donors (Lipinski definition) is 9. The molecule has 0 spiro atoms. The number of benzene rings is 1. The highest BCUT2D eigenvalue weighted by Gasteiger charge is 2.26. The predicted molar refractivity (Wildman–Crippen MR) is 191 cm³/mol. The van der Waals surface area contributed by atoms with Crippen LogP contribution in [0.5, 0.6) is 0 Å². The first-order valence-corrected chi connectivity index (χ1v) is 16.3. The molecular formula is C32H38Cl2N10O5. The first kappa shape index (κ1) is 36.4. The second-order valence-electron chi connectivity index (χ2n) is 10.9. The number of halogens is 2. The number of rotatable bonds is 15. The van der Waals surface area contributed by atoms with Crippen LogP contribution in [-0.2, 0) is 0 Å². The third-order valence-corrected chi connectivity index (χ3v) is 8.13. The fraction of sp³-hybridized carbons (Fsp3) is 0.281. The van der Waals surface area contributed by atoms with E-state index in [9.17, 15) is 19.2 Å². The number of aromatic nitrogens is 3. The van der Waals surface area contributed by atoms with Crippen LogP contribution in [0.15, 0.2) is 48.0 Å². The molecule has 0 atom stereocenters. The van der Waals surface area contributed by atoms with E-state index in [4.69, 9.17) is 34.1 Å². The van der Waals surface area contributed by atoms with Gasteiger partial charge in [0.05, 0.1) is 22.6 Å². The first-order valence-electron chi connectivity index (χ1n) is 15.2. The van der Waals surface area contributed by atoms with Crippen LogP contribution in [0.1, 0.15) is 64.9 Å². The smallest absolute Gasteiger partial charge is 0.272 e. The highest BCUT2D eigenvalue weighted by molar-refractivity contribution is 6.19. The van der Waals surface area contributed by atoms with E-state index in [1.54, 1.807) is 45.2 Å². The second kappa shape index (κ2) is 16.6. The van der Waals surface area contributed by atoms with Crippen molar-refractivity contribution < 1.29 is 24.4 Å². The number of aromatic amines is 3. The van der Waals surface area contributed by atoms with Gasteiger partial charge in [0.2, 0.25) is 0 Å². The summed E-state index contributed by atoms with van der Waals surface area (Å²) in [4.78, 5) is 63.1. The normalized spacial score (nSPS) is 11.2. The number of carbonyl (C=O) groups excluding carboxylic acids is 4. The van der Waals surface area contributed by atoms with Gasteiger partial charge in [-0.2, -0.15) is 0 Å². The maximum absolute atomic E-state index is 13.7. The Kier molecular flexibility index (Phi) is 12.4. The number of anilines is 4. The lowest BCUT2D eigenvalue weighted by Crippen LogP contribution is -2.33. The molecule has 0 radical (unpaired) electrons. The van der Waals surface area contributed by atoms with Crippen molar-refractivity contribution in [1.82, 2.24) is 20.3 Å². The van der Waals surface area contributed by atoms with Gasteiger partial charge in [-0.25, -0.2) is 0 Å². The number of hydrogen-bond acceptors (Lipinski definition) is 7. The van der Waals surface area contributed by atoms with Gasteiger partial charge in [0, 0.05) is 78.8 Å². The molecule has 4 rings (SSSR count). The van der Waals surface area contributed by atoms with E-state index in [2.05, 4.69) is 41.4 Å². The lowest BCUT2D eigenvalue weighted by molar-refractivity contribution is 0.0947. The predicted octanol–water partition coefficient (Wildman–Crippen LogP) is 4.50. The Morgan fingerprint density at radius 1 is 0.796 bits per heavy atom. The SMILES string of the molecule is Cc1c(NC(=O)c2[nH]cc(NC(=O)c3[nH]cc(N(CCCl)C(=O)c4ccccc4NCCCl)c3C)c2C)c[nH]c1C(=O)NCCC(N)=NO. The molecule has 3 heterocycles. The molecule has 0 aliphatic rings. The zero-order chi connectivity index (χ0) is 35.7. The summed E-state index contributed by atoms with van der Waals surface area (Å²) in [5.41, 5.74) is 9.91. The molecule has 4 amide bonds. The van der Waals surface area contributed by atoms with Crippen molar-refractivity contribution in [2.24, 2.45) is 10.9 Å². The van der Waals surface area contributed by atoms with E-state index < -0.39 is 17.7 Å². The number of carbonyl (C=O) groups is 4. The number of para-hydroxylation sites is 1. The third-order valence-electron chi connectivity index (χ3n) is 7.78. The van der Waals surface area contributed by atoms with Crippen LogP contribution < -0.4 is 31.9 Å². The summed E-state index contributed by atoms with van der Waals surface area (Å²) in [6.45, 7) is 5.89. The van der Waals surface area contributed by atoms with Gasteiger partial charge < -0.3 is 52.1 Å². The quantitative estimate of drug-likeness (QED) is 0.0282. The second-order valence-corrected chi connectivity index (χ2v) is 11.6. The van der Waals surface area contributed by atoms with Crippen molar-refractivity contribution >= 4 is 75.4 Å². The van der Waals surface area contributed by atoms with Crippen molar-refractivity contribution in [2.75, 3.05) is 52.2 Å². The van der Waals surface area contributed by atoms with E-state index in [0.717, 1.165) is 0 Å². The summed E-state index contributed by atoms with van der Waals surface area (Å²) < 4.78 is 0. The molecule has 0 fully saturated rings. The summed E-state index contributed by atoms with van der Waals surface area (Å²) in [6.07, 6.45) is 4.74. The minimum atomic E-state index is -0.492. The van der Waals surface area contributed by atoms with Gasteiger partial charge in [0.15, 0.2) is 0 Å². The van der Waals surface area contributed by atoms with Gasteiger partial charge >= 0.3 is 0 Å². The number of alkyl halides is 2. The van der Waals surface area contributed by atoms with Crippen LogP contribution in [0.2, 0.25) is 0 Å². The molecule has 15 nitrogen and oxygen atoms in total. The van der Waals surface area contributed by atoms with Crippen molar-refractivity contribution in [3.8, 4) is 0 Å². The molecule has 17 heteroatoms.